The smallest absolute Gasteiger partial charge is 0.207 e. The molecule has 0 aliphatic rings. The van der Waals surface area contributed by atoms with Gasteiger partial charge in [-0.25, -0.2) is 17.5 Å². The van der Waals surface area contributed by atoms with Crippen LogP contribution in [0.4, 0.5) is 4.39 Å². The largest absolute Gasteiger partial charge is 0.240 e. The molecular formula is C13H10Br2FNO2S. The molecule has 2 aromatic rings. The van der Waals surface area contributed by atoms with Gasteiger partial charge in [0.05, 0.1) is 4.90 Å². The standard InChI is InChI=1S/C13H10Br2FNO2S/c14-10-2-1-3-12(7-10)20(18,19)17-8-9-6-11(16)4-5-13(9)15/h1-7,17H,8H2. The minimum Gasteiger partial charge on any atom is -0.207 e. The van der Waals surface area contributed by atoms with E-state index in [9.17, 15) is 12.8 Å². The molecule has 0 aliphatic heterocycles. The Morgan fingerprint density at radius 3 is 2.55 bits per heavy atom. The summed E-state index contributed by atoms with van der Waals surface area (Å²) in [6.07, 6.45) is 0. The van der Waals surface area contributed by atoms with E-state index in [1.807, 2.05) is 0 Å². The Labute approximate surface area is 133 Å². The number of rotatable bonds is 4. The summed E-state index contributed by atoms with van der Waals surface area (Å²) in [6.45, 7) is 0.00713. The van der Waals surface area contributed by atoms with Crippen LogP contribution in [0.15, 0.2) is 56.3 Å². The lowest BCUT2D eigenvalue weighted by molar-refractivity contribution is 0.580. The van der Waals surface area contributed by atoms with Crippen molar-refractivity contribution in [3.63, 3.8) is 0 Å². The zero-order chi connectivity index (χ0) is 14.8. The van der Waals surface area contributed by atoms with Gasteiger partial charge < -0.3 is 0 Å². The topological polar surface area (TPSA) is 46.2 Å². The van der Waals surface area contributed by atoms with Crippen molar-refractivity contribution >= 4 is 41.9 Å². The zero-order valence-corrected chi connectivity index (χ0v) is 14.1. The van der Waals surface area contributed by atoms with Crippen molar-refractivity contribution in [2.24, 2.45) is 0 Å². The van der Waals surface area contributed by atoms with Gasteiger partial charge in [-0.05, 0) is 42.0 Å². The van der Waals surface area contributed by atoms with Crippen molar-refractivity contribution in [2.45, 2.75) is 11.4 Å². The van der Waals surface area contributed by atoms with Crippen LogP contribution in [0.5, 0.6) is 0 Å². The van der Waals surface area contributed by atoms with Gasteiger partial charge in [-0.15, -0.1) is 0 Å². The molecule has 0 amide bonds. The molecule has 7 heteroatoms. The highest BCUT2D eigenvalue weighted by atomic mass is 79.9. The predicted octanol–water partition coefficient (Wildman–Crippen LogP) is 3.83. The van der Waals surface area contributed by atoms with E-state index in [-0.39, 0.29) is 11.4 Å². The summed E-state index contributed by atoms with van der Waals surface area (Å²) in [5.41, 5.74) is 0.531. The van der Waals surface area contributed by atoms with Crippen LogP contribution in [0.2, 0.25) is 0 Å². The van der Waals surface area contributed by atoms with Crippen molar-refractivity contribution in [3.8, 4) is 0 Å². The Hall–Kier alpha value is -0.760. The maximum absolute atomic E-state index is 13.1. The molecule has 0 saturated heterocycles. The van der Waals surface area contributed by atoms with E-state index in [2.05, 4.69) is 36.6 Å². The molecule has 0 aromatic heterocycles. The molecule has 0 unspecified atom stereocenters. The van der Waals surface area contributed by atoms with Crippen molar-refractivity contribution in [2.75, 3.05) is 0 Å². The average Bonchev–Trinajstić information content (AvgIpc) is 2.40. The van der Waals surface area contributed by atoms with Crippen LogP contribution in [0.3, 0.4) is 0 Å². The highest BCUT2D eigenvalue weighted by Crippen LogP contribution is 2.19. The monoisotopic (exact) mass is 421 g/mol. The van der Waals surface area contributed by atoms with E-state index >= 15 is 0 Å². The maximum Gasteiger partial charge on any atom is 0.240 e. The molecule has 0 bridgehead atoms. The molecular weight excluding hydrogens is 413 g/mol. The molecule has 1 N–H and O–H groups in total. The second-order valence-corrected chi connectivity index (χ2v) is 7.55. The highest BCUT2D eigenvalue weighted by Gasteiger charge is 2.14. The van der Waals surface area contributed by atoms with Gasteiger partial charge in [0.25, 0.3) is 0 Å². The Bertz CT molecular complexity index is 735. The Kier molecular flexibility index (Phi) is 4.95. The molecule has 2 aromatic carbocycles. The maximum atomic E-state index is 13.1. The third kappa shape index (κ3) is 3.88. The molecule has 0 atom stereocenters. The lowest BCUT2D eigenvalue weighted by Gasteiger charge is -2.08. The summed E-state index contributed by atoms with van der Waals surface area (Å²) in [5, 5.41) is 0. The quantitative estimate of drug-likeness (QED) is 0.813. The molecule has 0 spiro atoms. The summed E-state index contributed by atoms with van der Waals surface area (Å²) in [4.78, 5) is 0.152. The first-order valence-corrected chi connectivity index (χ1v) is 8.64. The second-order valence-electron chi connectivity index (χ2n) is 4.02. The minimum atomic E-state index is -3.63. The molecule has 0 heterocycles. The fraction of sp³-hybridized carbons (Fsp3) is 0.0769. The Balaban J connectivity index is 2.19. The van der Waals surface area contributed by atoms with Crippen LogP contribution in [0.1, 0.15) is 5.56 Å². The van der Waals surface area contributed by atoms with Crippen molar-refractivity contribution < 1.29 is 12.8 Å². The number of hydrogen-bond acceptors (Lipinski definition) is 2. The number of benzene rings is 2. The van der Waals surface area contributed by atoms with E-state index < -0.39 is 15.8 Å². The van der Waals surface area contributed by atoms with Crippen LogP contribution >= 0.6 is 31.9 Å². The minimum absolute atomic E-state index is 0.00713. The Morgan fingerprint density at radius 1 is 1.10 bits per heavy atom. The molecule has 3 nitrogen and oxygen atoms in total. The summed E-state index contributed by atoms with van der Waals surface area (Å²) < 4.78 is 41.1. The molecule has 0 radical (unpaired) electrons. The summed E-state index contributed by atoms with van der Waals surface area (Å²) >= 11 is 6.48. The Morgan fingerprint density at radius 2 is 1.85 bits per heavy atom. The second kappa shape index (κ2) is 6.34. The van der Waals surface area contributed by atoms with E-state index in [0.29, 0.717) is 14.5 Å². The van der Waals surface area contributed by atoms with Gasteiger partial charge in [0, 0.05) is 15.5 Å². The number of halogens is 3. The van der Waals surface area contributed by atoms with Crippen LogP contribution in [-0.2, 0) is 16.6 Å². The normalized spacial score (nSPS) is 11.6. The fourth-order valence-corrected chi connectivity index (χ4v) is 3.56. The van der Waals surface area contributed by atoms with Gasteiger partial charge >= 0.3 is 0 Å². The number of sulfonamides is 1. The first kappa shape index (κ1) is 15.6. The van der Waals surface area contributed by atoms with E-state index in [4.69, 9.17) is 0 Å². The third-order valence-corrected chi connectivity index (χ3v) is 5.23. The average molecular weight is 423 g/mol. The summed E-state index contributed by atoms with van der Waals surface area (Å²) in [7, 11) is -3.63. The first-order chi connectivity index (χ1) is 9.38. The van der Waals surface area contributed by atoms with Gasteiger partial charge in [-0.2, -0.15) is 0 Å². The van der Waals surface area contributed by atoms with Gasteiger partial charge in [0.2, 0.25) is 10.0 Å². The lowest BCUT2D eigenvalue weighted by Crippen LogP contribution is -2.23. The first-order valence-electron chi connectivity index (χ1n) is 5.58. The lowest BCUT2D eigenvalue weighted by atomic mass is 10.2. The van der Waals surface area contributed by atoms with Crippen LogP contribution in [0.25, 0.3) is 0 Å². The van der Waals surface area contributed by atoms with E-state index in [1.165, 1.54) is 30.3 Å². The van der Waals surface area contributed by atoms with Gasteiger partial charge in [0.1, 0.15) is 5.82 Å². The molecule has 0 fully saturated rings. The molecule has 0 saturated carbocycles. The molecule has 2 rings (SSSR count). The highest BCUT2D eigenvalue weighted by molar-refractivity contribution is 9.10. The van der Waals surface area contributed by atoms with Crippen LogP contribution in [0, 0.1) is 5.82 Å². The van der Waals surface area contributed by atoms with Gasteiger partial charge in [-0.3, -0.25) is 0 Å². The zero-order valence-electron chi connectivity index (χ0n) is 10.1. The van der Waals surface area contributed by atoms with Gasteiger partial charge in [0.15, 0.2) is 0 Å². The number of hydrogen-bond donors (Lipinski definition) is 1. The molecule has 0 aliphatic carbocycles. The SMILES string of the molecule is O=S(=O)(NCc1cc(F)ccc1Br)c1cccc(Br)c1. The van der Waals surface area contributed by atoms with Crippen LogP contribution < -0.4 is 4.72 Å². The third-order valence-electron chi connectivity index (χ3n) is 2.57. The predicted molar refractivity (Wildman–Crippen MR) is 82.3 cm³/mol. The van der Waals surface area contributed by atoms with Gasteiger partial charge in [-0.1, -0.05) is 37.9 Å². The summed E-state index contributed by atoms with van der Waals surface area (Å²) in [6, 6.07) is 10.5. The van der Waals surface area contributed by atoms with Crippen LogP contribution in [-0.4, -0.2) is 8.42 Å². The van der Waals surface area contributed by atoms with E-state index in [0.717, 1.165) is 0 Å². The molecule has 106 valence electrons. The molecule has 20 heavy (non-hydrogen) atoms. The summed E-state index contributed by atoms with van der Waals surface area (Å²) in [5.74, 6) is -0.412. The fourth-order valence-electron chi connectivity index (χ4n) is 1.57. The van der Waals surface area contributed by atoms with Crippen molar-refractivity contribution in [3.05, 3.63) is 62.8 Å². The van der Waals surface area contributed by atoms with E-state index in [1.54, 1.807) is 12.1 Å². The van der Waals surface area contributed by atoms with Crippen molar-refractivity contribution in [1.82, 2.24) is 4.72 Å². The number of nitrogens with one attached hydrogen (secondary N) is 1. The van der Waals surface area contributed by atoms with Crippen molar-refractivity contribution in [1.29, 1.82) is 0 Å².